The van der Waals surface area contributed by atoms with Gasteiger partial charge in [-0.05, 0) is 54.8 Å². The van der Waals surface area contributed by atoms with Gasteiger partial charge >= 0.3 is 23.9 Å². The number of hydrogen-bond donors (Lipinski definition) is 4. The van der Waals surface area contributed by atoms with Gasteiger partial charge in [0.05, 0.1) is 35.6 Å². The van der Waals surface area contributed by atoms with E-state index >= 15 is 4.79 Å². The Morgan fingerprint density at radius 1 is 0.823 bits per heavy atom. The third kappa shape index (κ3) is 7.29. The molecule has 1 amide bonds. The standard InChI is InChI=1S/C47H51NO14/c1-25-31(60-43(56)36(52)35(28-16-10-7-11-17-28)48-41(54)29-18-12-8-13-19-29)23-47(57)40(61-42(55)30-20-14-9-15-21-30)38-45(6,32(51)22-33-46(38,24-58-33)62-27(3)50)39(53)37(59-26(2)49)34(25)44(47,4)5/h7-21,31-33,35-38,40,51-52,57H,22-24H2,1-6H3,(H,48,54)/t31-,32-,33+,35-,36+,37+,38?,40-,45+,46-,47+/m0/s1. The number of nitrogens with one attached hydrogen (secondary N) is 1. The Kier molecular flexibility index (Phi) is 11.8. The Hall–Kier alpha value is -5.74. The van der Waals surface area contributed by atoms with Gasteiger partial charge in [-0.25, -0.2) is 9.59 Å². The summed E-state index contributed by atoms with van der Waals surface area (Å²) in [5.74, 6) is -6.84. The van der Waals surface area contributed by atoms with Crippen molar-refractivity contribution < 1.29 is 67.8 Å². The first kappa shape index (κ1) is 44.3. The fraction of sp³-hybridized carbons (Fsp3) is 0.447. The van der Waals surface area contributed by atoms with Crippen molar-refractivity contribution in [3.63, 3.8) is 0 Å². The third-order valence-corrected chi connectivity index (χ3v) is 13.5. The molecule has 3 aromatic rings. The molecule has 3 aliphatic carbocycles. The van der Waals surface area contributed by atoms with Crippen LogP contribution in [0.25, 0.3) is 0 Å². The first-order chi connectivity index (χ1) is 29.3. The maximum Gasteiger partial charge on any atom is 0.338 e. The van der Waals surface area contributed by atoms with Gasteiger partial charge in [-0.15, -0.1) is 0 Å². The van der Waals surface area contributed by atoms with Crippen LogP contribution in [0.5, 0.6) is 0 Å². The fourth-order valence-electron chi connectivity index (χ4n) is 10.2. The second-order valence-electron chi connectivity index (χ2n) is 17.4. The number of rotatable bonds is 10. The minimum Gasteiger partial charge on any atom is -0.456 e. The summed E-state index contributed by atoms with van der Waals surface area (Å²) in [5.41, 5.74) is -7.02. The van der Waals surface area contributed by atoms with Gasteiger partial charge in [0.1, 0.15) is 23.9 Å². The highest BCUT2D eigenvalue weighted by Crippen LogP contribution is 2.64. The van der Waals surface area contributed by atoms with E-state index in [-0.39, 0.29) is 35.3 Å². The Bertz CT molecular complexity index is 2280. The van der Waals surface area contributed by atoms with Crippen LogP contribution in [-0.4, -0.2) is 105 Å². The van der Waals surface area contributed by atoms with Crippen LogP contribution in [0.1, 0.15) is 86.7 Å². The molecule has 1 unspecified atom stereocenters. The van der Waals surface area contributed by atoms with Crippen LogP contribution in [0.3, 0.4) is 0 Å². The molecular formula is C47H51NO14. The van der Waals surface area contributed by atoms with Gasteiger partial charge in [0.2, 0.25) is 0 Å². The number of carbonyl (C=O) groups is 6. The molecule has 2 saturated carbocycles. The highest BCUT2D eigenvalue weighted by molar-refractivity contribution is 5.96. The summed E-state index contributed by atoms with van der Waals surface area (Å²) >= 11 is 0. The number of ether oxygens (including phenoxy) is 5. The molecule has 1 aliphatic heterocycles. The van der Waals surface area contributed by atoms with E-state index in [2.05, 4.69) is 5.32 Å². The molecule has 0 radical (unpaired) electrons. The van der Waals surface area contributed by atoms with Gasteiger partial charge in [0.25, 0.3) is 5.91 Å². The van der Waals surface area contributed by atoms with Gasteiger partial charge in [-0.3, -0.25) is 19.2 Å². The van der Waals surface area contributed by atoms with Crippen LogP contribution in [0.15, 0.2) is 102 Å². The molecule has 15 heteroatoms. The molecule has 0 spiro atoms. The molecule has 1 saturated heterocycles. The van der Waals surface area contributed by atoms with E-state index in [9.17, 15) is 39.3 Å². The van der Waals surface area contributed by atoms with E-state index in [1.54, 1.807) is 92.7 Å². The van der Waals surface area contributed by atoms with Crippen molar-refractivity contribution in [2.45, 2.75) is 108 Å². The third-order valence-electron chi connectivity index (χ3n) is 13.5. The van der Waals surface area contributed by atoms with Crippen molar-refractivity contribution in [3.05, 3.63) is 119 Å². The minimum absolute atomic E-state index is 0.00289. The monoisotopic (exact) mass is 853 g/mol. The Morgan fingerprint density at radius 3 is 1.95 bits per heavy atom. The summed E-state index contributed by atoms with van der Waals surface area (Å²) in [6.45, 7) is 7.97. The molecule has 0 aromatic heterocycles. The van der Waals surface area contributed by atoms with Crippen molar-refractivity contribution in [3.8, 4) is 0 Å². The summed E-state index contributed by atoms with van der Waals surface area (Å²) in [7, 11) is 0. The zero-order chi connectivity index (χ0) is 44.9. The number of aliphatic hydroxyl groups is 3. The van der Waals surface area contributed by atoms with Crippen LogP contribution in [0, 0.1) is 16.7 Å². The molecule has 15 nitrogen and oxygen atoms in total. The smallest absolute Gasteiger partial charge is 0.338 e. The van der Waals surface area contributed by atoms with Crippen LogP contribution in [-0.2, 0) is 42.9 Å². The summed E-state index contributed by atoms with van der Waals surface area (Å²) in [6.07, 6.45) is -10.5. The molecule has 328 valence electrons. The number of aliphatic hydroxyl groups excluding tert-OH is 2. The minimum atomic E-state index is -2.39. The number of amides is 1. The van der Waals surface area contributed by atoms with E-state index in [1.807, 2.05) is 0 Å². The number of ketones is 1. The summed E-state index contributed by atoms with van der Waals surface area (Å²) in [5, 5.41) is 40.2. The summed E-state index contributed by atoms with van der Waals surface area (Å²) in [4.78, 5) is 83.5. The molecule has 1 heterocycles. The summed E-state index contributed by atoms with van der Waals surface area (Å²) in [6, 6.07) is 22.9. The second kappa shape index (κ2) is 16.5. The quantitative estimate of drug-likeness (QED) is 0.130. The predicted molar refractivity (Wildman–Crippen MR) is 218 cm³/mol. The van der Waals surface area contributed by atoms with Crippen molar-refractivity contribution in [1.29, 1.82) is 0 Å². The molecule has 11 atom stereocenters. The zero-order valence-corrected chi connectivity index (χ0v) is 35.2. The number of fused-ring (bicyclic) bond motifs is 5. The number of carbonyl (C=O) groups excluding carboxylic acids is 6. The lowest BCUT2D eigenvalue weighted by atomic mass is 9.44. The van der Waals surface area contributed by atoms with Crippen molar-refractivity contribution in [1.82, 2.24) is 5.32 Å². The lowest BCUT2D eigenvalue weighted by molar-refractivity contribution is -0.346. The van der Waals surface area contributed by atoms with Gasteiger partial charge < -0.3 is 44.3 Å². The lowest BCUT2D eigenvalue weighted by Crippen LogP contribution is -2.82. The summed E-state index contributed by atoms with van der Waals surface area (Å²) < 4.78 is 30.3. The molecule has 3 fully saturated rings. The van der Waals surface area contributed by atoms with Gasteiger partial charge in [0.15, 0.2) is 23.6 Å². The Labute approximate surface area is 358 Å². The molecule has 62 heavy (non-hydrogen) atoms. The van der Waals surface area contributed by atoms with Crippen LogP contribution < -0.4 is 5.32 Å². The highest BCUT2D eigenvalue weighted by Gasteiger charge is 2.78. The first-order valence-electron chi connectivity index (χ1n) is 20.5. The van der Waals surface area contributed by atoms with Crippen LogP contribution in [0.4, 0.5) is 0 Å². The normalized spacial score (nSPS) is 31.9. The fourth-order valence-corrected chi connectivity index (χ4v) is 10.2. The van der Waals surface area contributed by atoms with Gasteiger partial charge in [0, 0.05) is 37.7 Å². The Balaban J connectivity index is 1.39. The van der Waals surface area contributed by atoms with E-state index in [4.69, 9.17) is 23.7 Å². The zero-order valence-electron chi connectivity index (χ0n) is 35.2. The van der Waals surface area contributed by atoms with E-state index < -0.39 is 113 Å². The largest absolute Gasteiger partial charge is 0.456 e. The molecule has 3 aromatic carbocycles. The second-order valence-corrected chi connectivity index (χ2v) is 17.4. The predicted octanol–water partition coefficient (Wildman–Crippen LogP) is 3.74. The number of hydrogen-bond acceptors (Lipinski definition) is 14. The molecule has 4 aliphatic rings. The van der Waals surface area contributed by atoms with Crippen LogP contribution in [0.2, 0.25) is 0 Å². The van der Waals surface area contributed by atoms with E-state index in [1.165, 1.54) is 26.0 Å². The van der Waals surface area contributed by atoms with E-state index in [0.29, 0.717) is 5.56 Å². The topological polar surface area (TPSA) is 221 Å². The molecule has 2 bridgehead atoms. The Morgan fingerprint density at radius 2 is 1.40 bits per heavy atom. The van der Waals surface area contributed by atoms with Crippen molar-refractivity contribution >= 4 is 35.6 Å². The number of esters is 4. The van der Waals surface area contributed by atoms with Gasteiger partial charge in [-0.1, -0.05) is 80.6 Å². The van der Waals surface area contributed by atoms with Gasteiger partial charge in [-0.2, -0.15) is 0 Å². The average Bonchev–Trinajstić information content (AvgIpc) is 3.24. The number of Topliss-reactive ketones (excluding diaryl/α,β-unsaturated/α-hetero) is 1. The van der Waals surface area contributed by atoms with Crippen molar-refractivity contribution in [2.24, 2.45) is 16.7 Å². The molecule has 4 N–H and O–H groups in total. The first-order valence-corrected chi connectivity index (χ1v) is 20.5. The SMILES string of the molecule is CC(=O)O[C@H]1C(=O)[C@@]2(C)C([C@H](OC(=O)c3ccccc3)[C@]3(O)C[C@H](OC(=O)[C@H](O)[C@@H](NC(=O)c4ccccc4)c4ccccc4)C(C)=C1C3(C)C)[C@]1(OC(C)=O)CO[C@@H]1C[C@@H]2O. The van der Waals surface area contributed by atoms with Crippen LogP contribution >= 0.6 is 0 Å². The molecule has 7 rings (SSSR count). The van der Waals surface area contributed by atoms with Crippen molar-refractivity contribution in [2.75, 3.05) is 6.61 Å². The lowest BCUT2D eigenvalue weighted by Gasteiger charge is -2.67. The maximum absolute atomic E-state index is 15.5. The number of benzene rings is 3. The molecular weight excluding hydrogens is 803 g/mol. The maximum atomic E-state index is 15.5. The van der Waals surface area contributed by atoms with E-state index in [0.717, 1.165) is 13.8 Å². The highest BCUT2D eigenvalue weighted by atomic mass is 16.6. The average molecular weight is 854 g/mol.